The van der Waals surface area contributed by atoms with Gasteiger partial charge in [-0.1, -0.05) is 12.1 Å². The number of benzene rings is 2. The first-order chi connectivity index (χ1) is 11.0. The molecule has 3 rings (SSSR count). The molecule has 0 saturated heterocycles. The number of aromatic nitrogens is 3. The Morgan fingerprint density at radius 2 is 1.74 bits per heavy atom. The number of nitrogens with zero attached hydrogens (tertiary/aromatic N) is 3. The summed E-state index contributed by atoms with van der Waals surface area (Å²) in [5, 5.41) is 4.03. The monoisotopic (exact) mass is 333 g/mol. The van der Waals surface area contributed by atoms with E-state index < -0.39 is 10.2 Å². The van der Waals surface area contributed by atoms with Crippen molar-refractivity contribution in [3.63, 3.8) is 0 Å². The summed E-state index contributed by atoms with van der Waals surface area (Å²) in [6.07, 6.45) is 3.06. The molecule has 0 saturated carbocycles. The molecule has 0 unspecified atom stereocenters. The quantitative estimate of drug-likeness (QED) is 0.671. The molecule has 23 heavy (non-hydrogen) atoms. The number of hydrogen-bond acceptors (Lipinski definition) is 5. The molecular weight excluding hydrogens is 321 g/mol. The van der Waals surface area contributed by atoms with Crippen LogP contribution in [0.1, 0.15) is 5.56 Å². The Labute approximate surface area is 132 Å². The molecule has 2 aromatic carbocycles. The first-order valence-electron chi connectivity index (χ1n) is 6.64. The molecule has 0 amide bonds. The van der Waals surface area contributed by atoms with Gasteiger partial charge in [0.15, 0.2) is 0 Å². The predicted octanol–water partition coefficient (Wildman–Crippen LogP) is 2.50. The maximum absolute atomic E-state index is 12.8. The third-order valence-electron chi connectivity index (χ3n) is 3.13. The Kier molecular flexibility index (Phi) is 4.07. The lowest BCUT2D eigenvalue weighted by molar-refractivity contribution is 0.306. The third-order valence-corrected chi connectivity index (χ3v) is 3.97. The van der Waals surface area contributed by atoms with Gasteiger partial charge in [-0.2, -0.15) is 13.5 Å². The third kappa shape index (κ3) is 3.72. The van der Waals surface area contributed by atoms with Gasteiger partial charge in [0.2, 0.25) is 0 Å². The van der Waals surface area contributed by atoms with Gasteiger partial charge in [0, 0.05) is 0 Å². The van der Waals surface area contributed by atoms with E-state index in [0.29, 0.717) is 12.4 Å². The molecule has 8 heteroatoms. The summed E-state index contributed by atoms with van der Waals surface area (Å²) in [7, 11) is -4.68. The lowest BCUT2D eigenvalue weighted by Crippen LogP contribution is -1.98. The minimum Gasteiger partial charge on any atom is -0.489 e. The molecule has 0 spiro atoms. The highest BCUT2D eigenvalue weighted by atomic mass is 32.3. The average molecular weight is 333 g/mol. The van der Waals surface area contributed by atoms with Crippen LogP contribution >= 0.6 is 0 Å². The van der Waals surface area contributed by atoms with Gasteiger partial charge in [-0.15, -0.1) is 3.89 Å². The van der Waals surface area contributed by atoms with Gasteiger partial charge in [-0.3, -0.25) is 0 Å². The van der Waals surface area contributed by atoms with Gasteiger partial charge in [-0.05, 0) is 42.0 Å². The molecule has 0 aliphatic heterocycles. The van der Waals surface area contributed by atoms with E-state index in [1.165, 1.54) is 30.6 Å². The van der Waals surface area contributed by atoms with Crippen molar-refractivity contribution in [2.24, 2.45) is 0 Å². The summed E-state index contributed by atoms with van der Waals surface area (Å²) in [5.74, 6) is 0.456. The van der Waals surface area contributed by atoms with Crippen molar-refractivity contribution in [3.8, 4) is 11.4 Å². The molecule has 0 radical (unpaired) electrons. The first-order valence-corrected chi connectivity index (χ1v) is 8.02. The zero-order valence-corrected chi connectivity index (χ0v) is 12.6. The van der Waals surface area contributed by atoms with Crippen molar-refractivity contribution < 1.29 is 17.0 Å². The highest BCUT2D eigenvalue weighted by molar-refractivity contribution is 7.86. The normalized spacial score (nSPS) is 11.3. The standard InChI is InChI=1S/C15H12FN3O3S/c16-23(20,21)15-7-5-14(6-8-15)22-9-12-1-3-13(4-2-12)19-11-17-10-18-19/h1-8,10-11H,9H2. The van der Waals surface area contributed by atoms with Gasteiger partial charge in [0.25, 0.3) is 0 Å². The second-order valence-electron chi connectivity index (χ2n) is 4.70. The number of rotatable bonds is 5. The number of ether oxygens (including phenoxy) is 1. The van der Waals surface area contributed by atoms with Crippen molar-refractivity contribution >= 4 is 10.2 Å². The summed E-state index contributed by atoms with van der Waals surface area (Å²) >= 11 is 0. The fraction of sp³-hybridized carbons (Fsp3) is 0.0667. The van der Waals surface area contributed by atoms with E-state index in [0.717, 1.165) is 11.3 Å². The van der Waals surface area contributed by atoms with Crippen LogP contribution in [0.25, 0.3) is 5.69 Å². The van der Waals surface area contributed by atoms with Crippen LogP contribution < -0.4 is 4.74 Å². The minimum absolute atomic E-state index is 0.305. The van der Waals surface area contributed by atoms with E-state index in [2.05, 4.69) is 10.1 Å². The van der Waals surface area contributed by atoms with E-state index in [-0.39, 0.29) is 4.90 Å². The molecule has 1 aromatic heterocycles. The Morgan fingerprint density at radius 1 is 1.04 bits per heavy atom. The van der Waals surface area contributed by atoms with Crippen LogP contribution in [0.4, 0.5) is 3.89 Å². The van der Waals surface area contributed by atoms with Crippen LogP contribution in [-0.4, -0.2) is 23.2 Å². The largest absolute Gasteiger partial charge is 0.489 e. The Bertz CT molecular complexity index is 877. The van der Waals surface area contributed by atoms with E-state index in [9.17, 15) is 12.3 Å². The highest BCUT2D eigenvalue weighted by Crippen LogP contribution is 2.19. The molecule has 3 aromatic rings. The second kappa shape index (κ2) is 6.17. The highest BCUT2D eigenvalue weighted by Gasteiger charge is 2.11. The van der Waals surface area contributed by atoms with Crippen LogP contribution in [0, 0.1) is 0 Å². The van der Waals surface area contributed by atoms with Gasteiger partial charge in [-0.25, -0.2) is 9.67 Å². The van der Waals surface area contributed by atoms with Crippen molar-refractivity contribution in [2.45, 2.75) is 11.5 Å². The maximum atomic E-state index is 12.8. The molecule has 0 aliphatic carbocycles. The molecule has 0 atom stereocenters. The van der Waals surface area contributed by atoms with E-state index in [1.54, 1.807) is 11.0 Å². The molecule has 1 heterocycles. The van der Waals surface area contributed by atoms with E-state index >= 15 is 0 Å². The molecule has 118 valence electrons. The summed E-state index contributed by atoms with van der Waals surface area (Å²) in [5.41, 5.74) is 1.81. The van der Waals surface area contributed by atoms with Crippen molar-refractivity contribution in [3.05, 3.63) is 66.7 Å². The zero-order chi connectivity index (χ0) is 16.3. The molecular formula is C15H12FN3O3S. The van der Waals surface area contributed by atoms with Crippen LogP contribution in [0.15, 0.2) is 66.1 Å². The van der Waals surface area contributed by atoms with Gasteiger partial charge in [0.1, 0.15) is 25.0 Å². The fourth-order valence-corrected chi connectivity index (χ4v) is 2.41. The van der Waals surface area contributed by atoms with Gasteiger partial charge in [0.05, 0.1) is 10.6 Å². The summed E-state index contributed by atoms with van der Waals surface area (Å²) < 4.78 is 41.4. The maximum Gasteiger partial charge on any atom is 0.332 e. The predicted molar refractivity (Wildman–Crippen MR) is 80.4 cm³/mol. The topological polar surface area (TPSA) is 74.1 Å². The van der Waals surface area contributed by atoms with Crippen molar-refractivity contribution in [1.29, 1.82) is 0 Å². The molecule has 0 fully saturated rings. The lowest BCUT2D eigenvalue weighted by Gasteiger charge is -2.07. The number of halogens is 1. The smallest absolute Gasteiger partial charge is 0.332 e. The molecule has 6 nitrogen and oxygen atoms in total. The van der Waals surface area contributed by atoms with Crippen molar-refractivity contribution in [1.82, 2.24) is 14.8 Å². The van der Waals surface area contributed by atoms with Gasteiger partial charge < -0.3 is 4.74 Å². The Morgan fingerprint density at radius 3 is 2.30 bits per heavy atom. The van der Waals surface area contributed by atoms with Crippen LogP contribution in [0.2, 0.25) is 0 Å². The van der Waals surface area contributed by atoms with E-state index in [1.807, 2.05) is 24.3 Å². The van der Waals surface area contributed by atoms with Crippen LogP contribution in [0.3, 0.4) is 0 Å². The lowest BCUT2D eigenvalue weighted by atomic mass is 10.2. The SMILES string of the molecule is O=S(=O)(F)c1ccc(OCc2ccc(-n3cncn3)cc2)cc1. The fourth-order valence-electron chi connectivity index (χ4n) is 1.95. The average Bonchev–Trinajstić information content (AvgIpc) is 3.07. The van der Waals surface area contributed by atoms with Crippen LogP contribution in [0.5, 0.6) is 5.75 Å². The van der Waals surface area contributed by atoms with Gasteiger partial charge >= 0.3 is 10.2 Å². The zero-order valence-electron chi connectivity index (χ0n) is 11.8. The summed E-state index contributed by atoms with van der Waals surface area (Å²) in [6, 6.07) is 12.7. The number of hydrogen-bond donors (Lipinski definition) is 0. The molecule has 0 N–H and O–H groups in total. The van der Waals surface area contributed by atoms with E-state index in [4.69, 9.17) is 4.74 Å². The Hall–Kier alpha value is -2.74. The molecule has 0 aliphatic rings. The summed E-state index contributed by atoms with van der Waals surface area (Å²) in [6.45, 7) is 0.305. The summed E-state index contributed by atoms with van der Waals surface area (Å²) in [4.78, 5) is 3.49. The Balaban J connectivity index is 1.64. The first kappa shape index (κ1) is 15.2. The van der Waals surface area contributed by atoms with Crippen molar-refractivity contribution in [2.75, 3.05) is 0 Å². The second-order valence-corrected chi connectivity index (χ2v) is 6.05. The van der Waals surface area contributed by atoms with Crippen LogP contribution in [-0.2, 0) is 16.8 Å². The minimum atomic E-state index is -4.68. The molecule has 0 bridgehead atoms.